The first-order chi connectivity index (χ1) is 7.24. The number of hydrogen-bond acceptors (Lipinski definition) is 1. The lowest BCUT2D eigenvalue weighted by Crippen LogP contribution is -2.13. The van der Waals surface area contributed by atoms with Crippen LogP contribution >= 0.6 is 0 Å². The van der Waals surface area contributed by atoms with Crippen molar-refractivity contribution in [1.29, 1.82) is 0 Å². The van der Waals surface area contributed by atoms with E-state index in [1.165, 1.54) is 6.07 Å². The van der Waals surface area contributed by atoms with Crippen molar-refractivity contribution in [2.45, 2.75) is 20.3 Å². The van der Waals surface area contributed by atoms with E-state index in [2.05, 4.69) is 12.2 Å². The van der Waals surface area contributed by atoms with Crippen LogP contribution in [0.25, 0.3) is 6.08 Å². The fourth-order valence-electron chi connectivity index (χ4n) is 1.34. The molecule has 82 valence electrons. The fraction of sp³-hybridized carbons (Fsp3) is 0.385. The molecule has 0 saturated heterocycles. The molecular weight excluding hydrogens is 189 g/mol. The predicted octanol–water partition coefficient (Wildman–Crippen LogP) is 3.15. The Bertz CT molecular complexity index is 331. The van der Waals surface area contributed by atoms with Gasteiger partial charge in [-0.15, -0.1) is 0 Å². The summed E-state index contributed by atoms with van der Waals surface area (Å²) in [5.41, 5.74) is 2.05. The van der Waals surface area contributed by atoms with Crippen molar-refractivity contribution in [2.75, 3.05) is 13.1 Å². The van der Waals surface area contributed by atoms with Crippen LogP contribution < -0.4 is 5.32 Å². The van der Waals surface area contributed by atoms with Crippen LogP contribution in [-0.4, -0.2) is 13.1 Å². The lowest BCUT2D eigenvalue weighted by molar-refractivity contribution is 0.627. The van der Waals surface area contributed by atoms with Crippen molar-refractivity contribution in [3.8, 4) is 0 Å². The van der Waals surface area contributed by atoms with Gasteiger partial charge in [0.1, 0.15) is 5.82 Å². The summed E-state index contributed by atoms with van der Waals surface area (Å²) in [7, 11) is 0. The van der Waals surface area contributed by atoms with Crippen molar-refractivity contribution in [3.05, 3.63) is 41.2 Å². The zero-order chi connectivity index (χ0) is 11.1. The van der Waals surface area contributed by atoms with Crippen molar-refractivity contribution in [3.63, 3.8) is 0 Å². The van der Waals surface area contributed by atoms with Crippen LogP contribution in [-0.2, 0) is 0 Å². The largest absolute Gasteiger partial charge is 0.313 e. The van der Waals surface area contributed by atoms with Gasteiger partial charge in [-0.05, 0) is 43.1 Å². The fourth-order valence-corrected chi connectivity index (χ4v) is 1.34. The number of aryl methyl sites for hydroxylation is 1. The minimum Gasteiger partial charge on any atom is -0.313 e. The highest BCUT2D eigenvalue weighted by molar-refractivity contribution is 5.53. The van der Waals surface area contributed by atoms with Gasteiger partial charge in [-0.25, -0.2) is 4.39 Å². The van der Waals surface area contributed by atoms with Gasteiger partial charge < -0.3 is 5.32 Å². The second-order valence-electron chi connectivity index (χ2n) is 3.61. The Morgan fingerprint density at radius 1 is 1.40 bits per heavy atom. The predicted molar refractivity (Wildman–Crippen MR) is 63.3 cm³/mol. The van der Waals surface area contributed by atoms with Crippen LogP contribution in [0, 0.1) is 12.7 Å². The molecule has 1 aromatic rings. The summed E-state index contributed by atoms with van der Waals surface area (Å²) < 4.78 is 12.9. The molecule has 15 heavy (non-hydrogen) atoms. The second-order valence-corrected chi connectivity index (χ2v) is 3.61. The molecule has 1 rings (SSSR count). The first kappa shape index (κ1) is 11.9. The lowest BCUT2D eigenvalue weighted by atomic mass is 10.1. The first-order valence-corrected chi connectivity index (χ1v) is 5.37. The third kappa shape index (κ3) is 4.26. The smallest absolute Gasteiger partial charge is 0.123 e. The molecule has 0 unspecified atom stereocenters. The Morgan fingerprint density at radius 3 is 2.93 bits per heavy atom. The molecule has 2 heteroatoms. The molecule has 1 nitrogen and oxygen atoms in total. The summed E-state index contributed by atoms with van der Waals surface area (Å²) in [4.78, 5) is 0. The molecule has 1 aromatic carbocycles. The highest BCUT2D eigenvalue weighted by atomic mass is 19.1. The summed E-state index contributed by atoms with van der Waals surface area (Å²) in [6.07, 6.45) is 5.12. The first-order valence-electron chi connectivity index (χ1n) is 5.37. The van der Waals surface area contributed by atoms with Gasteiger partial charge in [0.2, 0.25) is 0 Å². The van der Waals surface area contributed by atoms with Gasteiger partial charge in [0.15, 0.2) is 0 Å². The van der Waals surface area contributed by atoms with Crippen LogP contribution in [0.4, 0.5) is 4.39 Å². The van der Waals surface area contributed by atoms with Crippen LogP contribution in [0.2, 0.25) is 0 Å². The summed E-state index contributed by atoms with van der Waals surface area (Å²) in [5.74, 6) is -0.179. The van der Waals surface area contributed by atoms with Gasteiger partial charge >= 0.3 is 0 Å². The Hall–Kier alpha value is -1.15. The van der Waals surface area contributed by atoms with E-state index in [0.29, 0.717) is 0 Å². The van der Waals surface area contributed by atoms with Gasteiger partial charge in [0, 0.05) is 6.54 Å². The summed E-state index contributed by atoms with van der Waals surface area (Å²) in [5, 5.41) is 3.26. The highest BCUT2D eigenvalue weighted by Gasteiger charge is 1.95. The molecule has 0 amide bonds. The maximum atomic E-state index is 12.9. The number of hydrogen-bond donors (Lipinski definition) is 1. The van der Waals surface area contributed by atoms with Crippen LogP contribution in [0.3, 0.4) is 0 Å². The summed E-state index contributed by atoms with van der Waals surface area (Å²) in [6, 6.07) is 4.85. The van der Waals surface area contributed by atoms with Crippen LogP contribution in [0.15, 0.2) is 24.3 Å². The molecular formula is C13H18FN. The van der Waals surface area contributed by atoms with E-state index in [1.807, 2.05) is 19.1 Å². The number of benzene rings is 1. The van der Waals surface area contributed by atoms with Crippen molar-refractivity contribution >= 4 is 6.08 Å². The molecule has 1 N–H and O–H groups in total. The highest BCUT2D eigenvalue weighted by Crippen LogP contribution is 2.11. The number of nitrogens with one attached hydrogen (secondary N) is 1. The maximum Gasteiger partial charge on any atom is 0.123 e. The van der Waals surface area contributed by atoms with E-state index in [4.69, 9.17) is 0 Å². The molecule has 0 spiro atoms. The van der Waals surface area contributed by atoms with E-state index in [1.54, 1.807) is 12.1 Å². The zero-order valence-corrected chi connectivity index (χ0v) is 9.39. The molecule has 0 radical (unpaired) electrons. The molecule has 0 aromatic heterocycles. The van der Waals surface area contributed by atoms with Gasteiger partial charge in [0.05, 0.1) is 0 Å². The van der Waals surface area contributed by atoms with Crippen LogP contribution in [0.5, 0.6) is 0 Å². The molecule has 0 bridgehead atoms. The molecule has 0 fully saturated rings. The third-order valence-electron chi connectivity index (χ3n) is 2.23. The zero-order valence-electron chi connectivity index (χ0n) is 9.39. The van der Waals surface area contributed by atoms with Crippen molar-refractivity contribution in [2.24, 2.45) is 0 Å². The van der Waals surface area contributed by atoms with Crippen molar-refractivity contribution in [1.82, 2.24) is 5.32 Å². The second kappa shape index (κ2) is 6.36. The Balaban J connectivity index is 2.52. The molecule has 0 aliphatic heterocycles. The topological polar surface area (TPSA) is 12.0 Å². The van der Waals surface area contributed by atoms with Gasteiger partial charge in [-0.2, -0.15) is 0 Å². The normalized spacial score (nSPS) is 11.1. The minimum absolute atomic E-state index is 0.179. The Morgan fingerprint density at radius 2 is 2.20 bits per heavy atom. The van der Waals surface area contributed by atoms with E-state index in [-0.39, 0.29) is 5.82 Å². The van der Waals surface area contributed by atoms with E-state index >= 15 is 0 Å². The van der Waals surface area contributed by atoms with Gasteiger partial charge in [-0.1, -0.05) is 25.1 Å². The minimum atomic E-state index is -0.179. The number of rotatable bonds is 5. The summed E-state index contributed by atoms with van der Waals surface area (Å²) in [6.45, 7) is 5.97. The van der Waals surface area contributed by atoms with E-state index < -0.39 is 0 Å². The molecule has 0 heterocycles. The molecule has 0 aliphatic carbocycles. The number of halogens is 1. The average molecular weight is 207 g/mol. The van der Waals surface area contributed by atoms with E-state index in [0.717, 1.165) is 30.6 Å². The van der Waals surface area contributed by atoms with E-state index in [9.17, 15) is 4.39 Å². The molecule has 0 saturated carbocycles. The molecule has 0 aliphatic rings. The quantitative estimate of drug-likeness (QED) is 0.731. The van der Waals surface area contributed by atoms with Crippen molar-refractivity contribution < 1.29 is 4.39 Å². The van der Waals surface area contributed by atoms with Gasteiger partial charge in [-0.3, -0.25) is 0 Å². The lowest BCUT2D eigenvalue weighted by Gasteiger charge is -2.00. The molecule has 0 atom stereocenters. The standard InChI is InChI=1S/C13H18FN/c1-3-8-15-9-4-5-12-10-13(14)7-6-11(12)2/h4-7,10,15H,3,8-9H2,1-2H3/b5-4+. The average Bonchev–Trinajstić information content (AvgIpc) is 2.23. The monoisotopic (exact) mass is 207 g/mol. The maximum absolute atomic E-state index is 12.9. The third-order valence-corrected chi connectivity index (χ3v) is 2.23. The Labute approximate surface area is 91.0 Å². The Kier molecular flexibility index (Phi) is 5.05. The van der Waals surface area contributed by atoms with Gasteiger partial charge in [0.25, 0.3) is 0 Å². The van der Waals surface area contributed by atoms with Crippen LogP contribution in [0.1, 0.15) is 24.5 Å². The summed E-state index contributed by atoms with van der Waals surface area (Å²) >= 11 is 0. The SMILES string of the molecule is CCCNC/C=C/c1cc(F)ccc1C.